The molecule has 1 heterocycles. The van der Waals surface area contributed by atoms with Gasteiger partial charge in [0.15, 0.2) is 0 Å². The number of hydrogen-bond acceptors (Lipinski definition) is 1. The maximum absolute atomic E-state index is 8.84. The summed E-state index contributed by atoms with van der Waals surface area (Å²) in [5.41, 5.74) is 0.757. The van der Waals surface area contributed by atoms with Crippen LogP contribution in [-0.2, 0) is 6.54 Å². The van der Waals surface area contributed by atoms with Gasteiger partial charge in [-0.3, -0.25) is 0 Å². The van der Waals surface area contributed by atoms with E-state index in [9.17, 15) is 0 Å². The second-order valence-electron chi connectivity index (χ2n) is 3.47. The summed E-state index contributed by atoms with van der Waals surface area (Å²) >= 11 is 3.51. The second-order valence-corrected chi connectivity index (χ2v) is 4.11. The molecule has 0 aliphatic rings. The molecule has 0 aliphatic carbocycles. The van der Waals surface area contributed by atoms with Crippen molar-refractivity contribution in [3.05, 3.63) is 24.0 Å². The van der Waals surface area contributed by atoms with Crippen molar-refractivity contribution in [2.24, 2.45) is 5.92 Å². The van der Waals surface area contributed by atoms with Crippen molar-refractivity contribution in [3.8, 4) is 6.07 Å². The van der Waals surface area contributed by atoms with E-state index in [1.165, 1.54) is 12.8 Å². The number of nitrogens with zero attached hydrogens (tertiary/aromatic N) is 2. The molecule has 0 spiro atoms. The maximum atomic E-state index is 8.84. The van der Waals surface area contributed by atoms with Crippen LogP contribution in [0.3, 0.4) is 0 Å². The Morgan fingerprint density at radius 3 is 3.00 bits per heavy atom. The third-order valence-corrected chi connectivity index (χ3v) is 3.23. The van der Waals surface area contributed by atoms with E-state index in [-0.39, 0.29) is 0 Å². The molecule has 0 saturated carbocycles. The average Bonchev–Trinajstić information content (AvgIpc) is 2.64. The van der Waals surface area contributed by atoms with E-state index in [0.717, 1.165) is 17.6 Å². The first-order valence-corrected chi connectivity index (χ1v) is 6.05. The maximum Gasteiger partial charge on any atom is 0.120 e. The van der Waals surface area contributed by atoms with E-state index >= 15 is 0 Å². The van der Waals surface area contributed by atoms with Gasteiger partial charge in [-0.05, 0) is 24.5 Å². The Morgan fingerprint density at radius 2 is 2.43 bits per heavy atom. The Balaban J connectivity index is 2.62. The van der Waals surface area contributed by atoms with Crippen LogP contribution >= 0.6 is 15.9 Å². The zero-order valence-electron chi connectivity index (χ0n) is 8.41. The minimum atomic E-state index is 0.625. The standard InChI is InChI=1S/C11H15BrN2/c1-2-4-10(7-12)9-14-6-3-5-11(14)8-13/h3,5-6,10H,2,4,7,9H2,1H3. The minimum Gasteiger partial charge on any atom is -0.339 e. The van der Waals surface area contributed by atoms with Crippen LogP contribution < -0.4 is 0 Å². The third-order valence-electron chi connectivity index (χ3n) is 2.31. The molecule has 0 radical (unpaired) electrons. The molecular weight excluding hydrogens is 240 g/mol. The van der Waals surface area contributed by atoms with Crippen LogP contribution in [0.5, 0.6) is 0 Å². The number of nitriles is 1. The average molecular weight is 255 g/mol. The molecule has 76 valence electrons. The number of alkyl halides is 1. The zero-order chi connectivity index (χ0) is 10.4. The highest BCUT2D eigenvalue weighted by Crippen LogP contribution is 2.14. The van der Waals surface area contributed by atoms with E-state index in [1.54, 1.807) is 0 Å². The predicted octanol–water partition coefficient (Wildman–Crippen LogP) is 3.17. The molecule has 0 bridgehead atoms. The normalized spacial score (nSPS) is 12.4. The zero-order valence-corrected chi connectivity index (χ0v) is 10.00. The summed E-state index contributed by atoms with van der Waals surface area (Å²) in [5.74, 6) is 0.625. The van der Waals surface area contributed by atoms with Crippen LogP contribution in [0.4, 0.5) is 0 Å². The first-order chi connectivity index (χ1) is 6.81. The van der Waals surface area contributed by atoms with Crippen molar-refractivity contribution in [3.63, 3.8) is 0 Å². The summed E-state index contributed by atoms with van der Waals surface area (Å²) in [5, 5.41) is 9.84. The van der Waals surface area contributed by atoms with Crippen molar-refractivity contribution in [1.29, 1.82) is 5.26 Å². The molecule has 0 fully saturated rings. The van der Waals surface area contributed by atoms with Gasteiger partial charge in [-0.25, -0.2) is 0 Å². The molecule has 0 amide bonds. The monoisotopic (exact) mass is 254 g/mol. The van der Waals surface area contributed by atoms with Gasteiger partial charge in [-0.2, -0.15) is 5.26 Å². The largest absolute Gasteiger partial charge is 0.339 e. The summed E-state index contributed by atoms with van der Waals surface area (Å²) in [6, 6.07) is 5.98. The van der Waals surface area contributed by atoms with E-state index in [4.69, 9.17) is 5.26 Å². The lowest BCUT2D eigenvalue weighted by Gasteiger charge is -2.14. The van der Waals surface area contributed by atoms with Gasteiger partial charge in [-0.1, -0.05) is 29.3 Å². The van der Waals surface area contributed by atoms with E-state index in [1.807, 2.05) is 22.9 Å². The van der Waals surface area contributed by atoms with Gasteiger partial charge < -0.3 is 4.57 Å². The molecule has 0 saturated heterocycles. The molecule has 1 rings (SSSR count). The topological polar surface area (TPSA) is 28.7 Å². The Hall–Kier alpha value is -0.750. The molecule has 0 aromatic carbocycles. The molecule has 14 heavy (non-hydrogen) atoms. The van der Waals surface area contributed by atoms with Crippen LogP contribution in [-0.4, -0.2) is 9.90 Å². The lowest BCUT2D eigenvalue weighted by Crippen LogP contribution is -2.12. The van der Waals surface area contributed by atoms with Crippen molar-refractivity contribution in [2.75, 3.05) is 5.33 Å². The summed E-state index contributed by atoms with van der Waals surface area (Å²) in [4.78, 5) is 0. The van der Waals surface area contributed by atoms with Gasteiger partial charge in [0.2, 0.25) is 0 Å². The smallest absolute Gasteiger partial charge is 0.120 e. The molecule has 1 atom stereocenters. The Kier molecular flexibility index (Phi) is 4.75. The predicted molar refractivity (Wildman–Crippen MR) is 61.3 cm³/mol. The van der Waals surface area contributed by atoms with Gasteiger partial charge >= 0.3 is 0 Å². The number of halogens is 1. The van der Waals surface area contributed by atoms with Crippen molar-refractivity contribution in [1.82, 2.24) is 4.57 Å². The van der Waals surface area contributed by atoms with Crippen molar-refractivity contribution >= 4 is 15.9 Å². The second kappa shape index (κ2) is 5.87. The fraction of sp³-hybridized carbons (Fsp3) is 0.545. The Labute approximate surface area is 93.7 Å². The Bertz CT molecular complexity index is 311. The van der Waals surface area contributed by atoms with Gasteiger partial charge in [0.25, 0.3) is 0 Å². The van der Waals surface area contributed by atoms with Gasteiger partial charge in [0, 0.05) is 18.1 Å². The fourth-order valence-corrected chi connectivity index (χ4v) is 2.11. The van der Waals surface area contributed by atoms with Crippen LogP contribution in [0.1, 0.15) is 25.5 Å². The van der Waals surface area contributed by atoms with Crippen LogP contribution in [0.25, 0.3) is 0 Å². The van der Waals surface area contributed by atoms with E-state index < -0.39 is 0 Å². The fourth-order valence-electron chi connectivity index (χ4n) is 1.58. The molecule has 0 N–H and O–H groups in total. The van der Waals surface area contributed by atoms with Crippen molar-refractivity contribution < 1.29 is 0 Å². The summed E-state index contributed by atoms with van der Waals surface area (Å²) in [6.07, 6.45) is 4.37. The first-order valence-electron chi connectivity index (χ1n) is 4.93. The highest BCUT2D eigenvalue weighted by Gasteiger charge is 2.08. The lowest BCUT2D eigenvalue weighted by molar-refractivity contribution is 0.454. The summed E-state index contributed by atoms with van der Waals surface area (Å²) < 4.78 is 2.03. The van der Waals surface area contributed by atoms with Gasteiger partial charge in [0.1, 0.15) is 11.8 Å². The number of rotatable bonds is 5. The minimum absolute atomic E-state index is 0.625. The SMILES string of the molecule is CCCC(CBr)Cn1cccc1C#N. The van der Waals surface area contributed by atoms with Crippen LogP contribution in [0.2, 0.25) is 0 Å². The summed E-state index contributed by atoms with van der Waals surface area (Å²) in [6.45, 7) is 3.13. The van der Waals surface area contributed by atoms with Gasteiger partial charge in [0.05, 0.1) is 0 Å². The summed E-state index contributed by atoms with van der Waals surface area (Å²) in [7, 11) is 0. The number of hydrogen-bond donors (Lipinski definition) is 0. The van der Waals surface area contributed by atoms with Gasteiger partial charge in [-0.15, -0.1) is 0 Å². The third kappa shape index (κ3) is 2.88. The van der Waals surface area contributed by atoms with E-state index in [0.29, 0.717) is 5.92 Å². The highest BCUT2D eigenvalue weighted by molar-refractivity contribution is 9.09. The van der Waals surface area contributed by atoms with Crippen molar-refractivity contribution in [2.45, 2.75) is 26.3 Å². The molecule has 1 unspecified atom stereocenters. The van der Waals surface area contributed by atoms with Crippen LogP contribution in [0, 0.1) is 17.2 Å². The molecule has 1 aromatic heterocycles. The quantitative estimate of drug-likeness (QED) is 0.743. The van der Waals surface area contributed by atoms with E-state index in [2.05, 4.69) is 28.9 Å². The first kappa shape index (κ1) is 11.3. The lowest BCUT2D eigenvalue weighted by atomic mass is 10.1. The Morgan fingerprint density at radius 1 is 1.64 bits per heavy atom. The molecule has 2 nitrogen and oxygen atoms in total. The molecule has 1 aromatic rings. The molecule has 0 aliphatic heterocycles. The highest BCUT2D eigenvalue weighted by atomic mass is 79.9. The molecular formula is C11H15BrN2. The molecule has 3 heteroatoms. The number of aromatic nitrogens is 1. The van der Waals surface area contributed by atoms with Crippen LogP contribution in [0.15, 0.2) is 18.3 Å².